The van der Waals surface area contributed by atoms with E-state index in [-0.39, 0.29) is 0 Å². The molecule has 0 saturated carbocycles. The molecular weight excluding hydrogens is 232 g/mol. The van der Waals surface area contributed by atoms with E-state index in [1.54, 1.807) is 12.1 Å². The first-order valence-electron chi connectivity index (χ1n) is 6.58. The zero-order valence-electron chi connectivity index (χ0n) is 10.9. The van der Waals surface area contributed by atoms with E-state index in [9.17, 15) is 5.11 Å². The van der Waals surface area contributed by atoms with Crippen LogP contribution in [-0.2, 0) is 6.42 Å². The van der Waals surface area contributed by atoms with Crippen LogP contribution in [0.15, 0.2) is 60.7 Å². The van der Waals surface area contributed by atoms with Crippen LogP contribution in [0.25, 0.3) is 21.9 Å². The highest BCUT2D eigenvalue weighted by Crippen LogP contribution is 2.26. The number of rotatable bonds is 2. The minimum atomic E-state index is 0.303. The zero-order valence-corrected chi connectivity index (χ0v) is 10.9. The van der Waals surface area contributed by atoms with Gasteiger partial charge in [-0.25, -0.2) is 0 Å². The molecule has 1 N–H and O–H groups in total. The van der Waals surface area contributed by atoms with Crippen molar-refractivity contribution in [3.05, 3.63) is 66.2 Å². The number of fused-ring (bicyclic) bond motifs is 1. The van der Waals surface area contributed by atoms with Crippen LogP contribution >= 0.6 is 0 Å². The molecular formula is C18H16O. The van der Waals surface area contributed by atoms with Crippen LogP contribution in [0.1, 0.15) is 12.5 Å². The Kier molecular flexibility index (Phi) is 2.96. The van der Waals surface area contributed by atoms with Gasteiger partial charge in [-0.1, -0.05) is 49.4 Å². The van der Waals surface area contributed by atoms with Crippen LogP contribution in [0.4, 0.5) is 0 Å². The summed E-state index contributed by atoms with van der Waals surface area (Å²) in [5.41, 5.74) is 3.67. The number of aromatic hydroxyl groups is 1. The normalized spacial score (nSPS) is 10.8. The van der Waals surface area contributed by atoms with Gasteiger partial charge in [0, 0.05) is 0 Å². The van der Waals surface area contributed by atoms with Crippen molar-refractivity contribution < 1.29 is 5.11 Å². The lowest BCUT2D eigenvalue weighted by Crippen LogP contribution is -1.82. The lowest BCUT2D eigenvalue weighted by Gasteiger charge is -2.06. The smallest absolute Gasteiger partial charge is 0.115 e. The van der Waals surface area contributed by atoms with Gasteiger partial charge in [-0.2, -0.15) is 0 Å². The van der Waals surface area contributed by atoms with Crippen LogP contribution in [-0.4, -0.2) is 5.11 Å². The fourth-order valence-corrected chi connectivity index (χ4v) is 2.35. The van der Waals surface area contributed by atoms with E-state index in [2.05, 4.69) is 43.3 Å². The van der Waals surface area contributed by atoms with E-state index in [0.717, 1.165) is 12.0 Å². The predicted molar refractivity (Wildman–Crippen MR) is 80.4 cm³/mol. The number of benzene rings is 3. The molecule has 1 heteroatoms. The molecule has 0 amide bonds. The maximum absolute atomic E-state index is 9.33. The van der Waals surface area contributed by atoms with E-state index in [1.807, 2.05) is 12.1 Å². The predicted octanol–water partition coefficient (Wildman–Crippen LogP) is 4.77. The van der Waals surface area contributed by atoms with E-state index in [0.29, 0.717) is 5.75 Å². The molecule has 0 heterocycles. The molecule has 3 aromatic carbocycles. The standard InChI is InChI=1S/C18H16O/c1-2-13-3-4-17-12-16(6-5-15(17)11-13)14-7-9-18(19)10-8-14/h3-12,19H,2H2,1H3. The second-order valence-electron chi connectivity index (χ2n) is 4.80. The summed E-state index contributed by atoms with van der Waals surface area (Å²) >= 11 is 0. The summed E-state index contributed by atoms with van der Waals surface area (Å²) in [7, 11) is 0. The Labute approximate surface area is 113 Å². The Morgan fingerprint density at radius 3 is 2.11 bits per heavy atom. The van der Waals surface area contributed by atoms with Gasteiger partial charge in [-0.15, -0.1) is 0 Å². The highest BCUT2D eigenvalue weighted by Gasteiger charge is 2.01. The van der Waals surface area contributed by atoms with Crippen LogP contribution < -0.4 is 0 Å². The molecule has 0 bridgehead atoms. The van der Waals surface area contributed by atoms with E-state index < -0.39 is 0 Å². The molecule has 94 valence electrons. The maximum atomic E-state index is 9.33. The van der Waals surface area contributed by atoms with Crippen molar-refractivity contribution in [1.29, 1.82) is 0 Å². The summed E-state index contributed by atoms with van der Waals surface area (Å²) in [6, 6.07) is 20.4. The SMILES string of the molecule is CCc1ccc2cc(-c3ccc(O)cc3)ccc2c1. The molecule has 0 aliphatic heterocycles. The summed E-state index contributed by atoms with van der Waals surface area (Å²) in [5.74, 6) is 0.303. The summed E-state index contributed by atoms with van der Waals surface area (Å²) in [4.78, 5) is 0. The Morgan fingerprint density at radius 2 is 1.37 bits per heavy atom. The highest BCUT2D eigenvalue weighted by molar-refractivity contribution is 5.87. The molecule has 1 nitrogen and oxygen atoms in total. The van der Waals surface area contributed by atoms with Crippen LogP contribution in [0, 0.1) is 0 Å². The molecule has 0 saturated heterocycles. The van der Waals surface area contributed by atoms with Gasteiger partial charge in [0.05, 0.1) is 0 Å². The monoisotopic (exact) mass is 248 g/mol. The van der Waals surface area contributed by atoms with Gasteiger partial charge in [0.1, 0.15) is 5.75 Å². The van der Waals surface area contributed by atoms with Gasteiger partial charge in [-0.05, 0) is 52.1 Å². The second-order valence-corrected chi connectivity index (χ2v) is 4.80. The van der Waals surface area contributed by atoms with Crippen molar-refractivity contribution in [3.8, 4) is 16.9 Å². The largest absolute Gasteiger partial charge is 0.508 e. The number of phenolic OH excluding ortho intramolecular Hbond substituents is 1. The molecule has 0 aromatic heterocycles. The fourth-order valence-electron chi connectivity index (χ4n) is 2.35. The van der Waals surface area contributed by atoms with Crippen LogP contribution in [0.2, 0.25) is 0 Å². The minimum absolute atomic E-state index is 0.303. The Hall–Kier alpha value is -2.28. The third-order valence-corrected chi connectivity index (χ3v) is 3.51. The van der Waals surface area contributed by atoms with Gasteiger partial charge in [-0.3, -0.25) is 0 Å². The molecule has 0 unspecified atom stereocenters. The van der Waals surface area contributed by atoms with Crippen molar-refractivity contribution in [1.82, 2.24) is 0 Å². The molecule has 0 radical (unpaired) electrons. The molecule has 0 fully saturated rings. The first kappa shape index (κ1) is 11.8. The Bertz CT molecular complexity index is 711. The zero-order chi connectivity index (χ0) is 13.2. The molecule has 0 atom stereocenters. The van der Waals surface area contributed by atoms with Crippen molar-refractivity contribution in [3.63, 3.8) is 0 Å². The summed E-state index contributed by atoms with van der Waals surface area (Å²) in [5, 5.41) is 11.9. The fraction of sp³-hybridized carbons (Fsp3) is 0.111. The van der Waals surface area contributed by atoms with Crippen molar-refractivity contribution in [2.75, 3.05) is 0 Å². The van der Waals surface area contributed by atoms with E-state index in [4.69, 9.17) is 0 Å². The number of phenols is 1. The van der Waals surface area contributed by atoms with Crippen molar-refractivity contribution >= 4 is 10.8 Å². The lowest BCUT2D eigenvalue weighted by molar-refractivity contribution is 0.475. The van der Waals surface area contributed by atoms with E-state index >= 15 is 0 Å². The third kappa shape index (κ3) is 2.32. The average molecular weight is 248 g/mol. The Morgan fingerprint density at radius 1 is 0.737 bits per heavy atom. The minimum Gasteiger partial charge on any atom is -0.508 e. The summed E-state index contributed by atoms with van der Waals surface area (Å²) < 4.78 is 0. The van der Waals surface area contributed by atoms with Crippen LogP contribution in [0.5, 0.6) is 5.75 Å². The van der Waals surface area contributed by atoms with Crippen molar-refractivity contribution in [2.45, 2.75) is 13.3 Å². The van der Waals surface area contributed by atoms with Gasteiger partial charge >= 0.3 is 0 Å². The number of aryl methyl sites for hydroxylation is 1. The van der Waals surface area contributed by atoms with E-state index in [1.165, 1.54) is 21.9 Å². The molecule has 3 aromatic rings. The first-order valence-corrected chi connectivity index (χ1v) is 6.58. The van der Waals surface area contributed by atoms with Gasteiger partial charge in [0.15, 0.2) is 0 Å². The first-order chi connectivity index (χ1) is 9.26. The highest BCUT2D eigenvalue weighted by atomic mass is 16.3. The average Bonchev–Trinajstić information content (AvgIpc) is 2.47. The third-order valence-electron chi connectivity index (χ3n) is 3.51. The van der Waals surface area contributed by atoms with Crippen molar-refractivity contribution in [2.24, 2.45) is 0 Å². The number of hydrogen-bond acceptors (Lipinski definition) is 1. The molecule has 19 heavy (non-hydrogen) atoms. The van der Waals surface area contributed by atoms with Crippen LogP contribution in [0.3, 0.4) is 0 Å². The maximum Gasteiger partial charge on any atom is 0.115 e. The number of hydrogen-bond donors (Lipinski definition) is 1. The second kappa shape index (κ2) is 4.77. The molecule has 3 rings (SSSR count). The molecule has 0 aliphatic rings. The molecule has 0 aliphatic carbocycles. The molecule has 0 spiro atoms. The van der Waals surface area contributed by atoms with Gasteiger partial charge in [0.25, 0.3) is 0 Å². The van der Waals surface area contributed by atoms with Gasteiger partial charge < -0.3 is 5.11 Å². The Balaban J connectivity index is 2.08. The van der Waals surface area contributed by atoms with Gasteiger partial charge in [0.2, 0.25) is 0 Å². The quantitative estimate of drug-likeness (QED) is 0.692. The topological polar surface area (TPSA) is 20.2 Å². The summed E-state index contributed by atoms with van der Waals surface area (Å²) in [6.07, 6.45) is 1.07. The lowest BCUT2D eigenvalue weighted by atomic mass is 9.99. The summed E-state index contributed by atoms with van der Waals surface area (Å²) in [6.45, 7) is 2.17.